The first-order valence-corrected chi connectivity index (χ1v) is 10.8. The molecule has 4 rings (SSSR count). The Bertz CT molecular complexity index is 1060. The quantitative estimate of drug-likeness (QED) is 0.488. The molecule has 0 aromatic heterocycles. The fourth-order valence-corrected chi connectivity index (χ4v) is 3.82. The minimum absolute atomic E-state index is 0.0358. The Morgan fingerprint density at radius 1 is 1.03 bits per heavy atom. The van der Waals surface area contributed by atoms with Crippen LogP contribution in [0.5, 0.6) is 5.75 Å². The van der Waals surface area contributed by atoms with E-state index in [1.165, 1.54) is 12.0 Å². The summed E-state index contributed by atoms with van der Waals surface area (Å²) in [6, 6.07) is 11.6. The van der Waals surface area contributed by atoms with Crippen molar-refractivity contribution in [3.8, 4) is 5.75 Å². The molecule has 9 nitrogen and oxygen atoms in total. The average molecular weight is 451 g/mol. The Labute approximate surface area is 191 Å². The fourth-order valence-electron chi connectivity index (χ4n) is 3.82. The van der Waals surface area contributed by atoms with Crippen molar-refractivity contribution in [2.45, 2.75) is 38.3 Å². The Hall–Kier alpha value is -3.88. The summed E-state index contributed by atoms with van der Waals surface area (Å²) >= 11 is 0. The lowest BCUT2D eigenvalue weighted by Gasteiger charge is -2.21. The first-order chi connectivity index (χ1) is 15.9. The second kappa shape index (κ2) is 9.32. The van der Waals surface area contributed by atoms with E-state index in [9.17, 15) is 19.2 Å². The topological polar surface area (TPSA) is 105 Å². The number of carbonyl (C=O) groups is 4. The van der Waals surface area contributed by atoms with Gasteiger partial charge in [-0.2, -0.15) is 0 Å². The summed E-state index contributed by atoms with van der Waals surface area (Å²) in [6.07, 6.45) is 1.46. The van der Waals surface area contributed by atoms with Crippen LogP contribution in [0.25, 0.3) is 0 Å². The summed E-state index contributed by atoms with van der Waals surface area (Å²) < 4.78 is 10.1. The van der Waals surface area contributed by atoms with Crippen LogP contribution < -0.4 is 15.0 Å². The summed E-state index contributed by atoms with van der Waals surface area (Å²) in [5.41, 5.74) is 1.30. The van der Waals surface area contributed by atoms with Crippen LogP contribution in [-0.2, 0) is 14.3 Å². The zero-order valence-corrected chi connectivity index (χ0v) is 18.4. The predicted molar refractivity (Wildman–Crippen MR) is 120 cm³/mol. The van der Waals surface area contributed by atoms with Gasteiger partial charge in [-0.25, -0.2) is 14.5 Å². The third kappa shape index (κ3) is 4.67. The standard InChI is InChI=1S/C24H25N3O6/c1-3-33-23(30)15-4-6-16(7-5-15)25-21(28)14-20-22(29)27(24(31)26(20)17-8-9-17)18-10-12-19(32-2)13-11-18/h4-7,10-13,17,20H,3,8-9,14H2,1-2H3,(H,25,28). The van der Waals surface area contributed by atoms with Crippen molar-refractivity contribution in [3.63, 3.8) is 0 Å². The van der Waals surface area contributed by atoms with Gasteiger partial charge >= 0.3 is 12.0 Å². The molecule has 9 heteroatoms. The lowest BCUT2D eigenvalue weighted by Crippen LogP contribution is -2.39. The largest absolute Gasteiger partial charge is 0.497 e. The van der Waals surface area contributed by atoms with Crippen molar-refractivity contribution in [1.82, 2.24) is 4.90 Å². The highest BCUT2D eigenvalue weighted by molar-refractivity contribution is 6.22. The summed E-state index contributed by atoms with van der Waals surface area (Å²) in [7, 11) is 1.54. The van der Waals surface area contributed by atoms with Crippen LogP contribution in [0.2, 0.25) is 0 Å². The zero-order chi connectivity index (χ0) is 23.5. The maximum Gasteiger partial charge on any atom is 0.338 e. The molecule has 2 aromatic carbocycles. The molecule has 1 aliphatic carbocycles. The molecule has 2 fully saturated rings. The molecule has 1 N–H and O–H groups in total. The minimum Gasteiger partial charge on any atom is -0.497 e. The second-order valence-electron chi connectivity index (χ2n) is 7.86. The molecule has 1 saturated carbocycles. The van der Waals surface area contributed by atoms with Crippen LogP contribution in [0.4, 0.5) is 16.2 Å². The van der Waals surface area contributed by atoms with Crippen molar-refractivity contribution in [2.24, 2.45) is 0 Å². The van der Waals surface area contributed by atoms with E-state index in [-0.39, 0.29) is 19.1 Å². The van der Waals surface area contributed by atoms with Gasteiger partial charge in [-0.3, -0.25) is 9.59 Å². The van der Waals surface area contributed by atoms with Crippen LogP contribution >= 0.6 is 0 Å². The number of amides is 4. The van der Waals surface area contributed by atoms with Gasteiger partial charge in [0, 0.05) is 11.7 Å². The monoisotopic (exact) mass is 451 g/mol. The number of imide groups is 1. The average Bonchev–Trinajstić information content (AvgIpc) is 3.61. The van der Waals surface area contributed by atoms with E-state index in [0.29, 0.717) is 22.7 Å². The third-order valence-electron chi connectivity index (χ3n) is 5.58. The lowest BCUT2D eigenvalue weighted by atomic mass is 10.1. The first-order valence-electron chi connectivity index (χ1n) is 10.8. The predicted octanol–water partition coefficient (Wildman–Crippen LogP) is 3.20. The molecule has 1 unspecified atom stereocenters. The second-order valence-corrected chi connectivity index (χ2v) is 7.86. The van der Waals surface area contributed by atoms with Gasteiger partial charge in [-0.1, -0.05) is 0 Å². The van der Waals surface area contributed by atoms with Crippen LogP contribution in [0, 0.1) is 0 Å². The number of ether oxygens (including phenoxy) is 2. The molecule has 1 aliphatic heterocycles. The maximum absolute atomic E-state index is 13.2. The first kappa shape index (κ1) is 22.3. The van der Waals surface area contributed by atoms with Gasteiger partial charge in [0.25, 0.3) is 5.91 Å². The van der Waals surface area contributed by atoms with Crippen LogP contribution in [0.1, 0.15) is 36.5 Å². The number of nitrogens with zero attached hydrogens (tertiary/aromatic N) is 2. The Morgan fingerprint density at radius 2 is 1.70 bits per heavy atom. The highest BCUT2D eigenvalue weighted by Crippen LogP contribution is 2.37. The van der Waals surface area contributed by atoms with E-state index in [0.717, 1.165) is 17.7 Å². The molecule has 2 aliphatic rings. The molecule has 0 radical (unpaired) electrons. The van der Waals surface area contributed by atoms with Crippen LogP contribution in [0.15, 0.2) is 48.5 Å². The van der Waals surface area contributed by atoms with Gasteiger partial charge in [0.05, 0.1) is 31.4 Å². The lowest BCUT2D eigenvalue weighted by molar-refractivity contribution is -0.124. The summed E-state index contributed by atoms with van der Waals surface area (Å²) in [6.45, 7) is 2.00. The third-order valence-corrected chi connectivity index (χ3v) is 5.58. The van der Waals surface area contributed by atoms with Crippen LogP contribution in [0.3, 0.4) is 0 Å². The number of esters is 1. The molecular weight excluding hydrogens is 426 g/mol. The number of anilines is 2. The van der Waals surface area contributed by atoms with Crippen molar-refractivity contribution in [3.05, 3.63) is 54.1 Å². The fraction of sp³-hybridized carbons (Fsp3) is 0.333. The normalized spacial score (nSPS) is 17.8. The number of benzene rings is 2. The molecule has 1 atom stereocenters. The van der Waals surface area contributed by atoms with Gasteiger partial charge in [0.1, 0.15) is 11.8 Å². The van der Waals surface area contributed by atoms with E-state index in [1.807, 2.05) is 0 Å². The van der Waals surface area contributed by atoms with E-state index < -0.39 is 29.9 Å². The van der Waals surface area contributed by atoms with Crippen molar-refractivity contribution in [2.75, 3.05) is 23.9 Å². The number of hydrogen-bond acceptors (Lipinski definition) is 6. The van der Waals surface area contributed by atoms with E-state index in [4.69, 9.17) is 9.47 Å². The molecule has 2 aromatic rings. The van der Waals surface area contributed by atoms with Crippen molar-refractivity contribution >= 4 is 35.2 Å². The minimum atomic E-state index is -0.870. The number of carbonyl (C=O) groups excluding carboxylic acids is 4. The summed E-state index contributed by atoms with van der Waals surface area (Å²) in [5, 5.41) is 2.74. The van der Waals surface area contributed by atoms with Gasteiger partial charge < -0.3 is 19.7 Å². The maximum atomic E-state index is 13.2. The summed E-state index contributed by atoms with van der Waals surface area (Å²) in [4.78, 5) is 53.4. The van der Waals surface area contributed by atoms with Crippen molar-refractivity contribution < 1.29 is 28.7 Å². The molecule has 1 saturated heterocycles. The Balaban J connectivity index is 1.46. The zero-order valence-electron chi connectivity index (χ0n) is 18.4. The van der Waals surface area contributed by atoms with Crippen LogP contribution in [-0.4, -0.2) is 54.5 Å². The molecule has 4 amide bonds. The van der Waals surface area contributed by atoms with Gasteiger partial charge in [-0.15, -0.1) is 0 Å². The molecule has 172 valence electrons. The number of hydrogen-bond donors (Lipinski definition) is 1. The summed E-state index contributed by atoms with van der Waals surface area (Å²) in [5.74, 6) is -0.650. The van der Waals surface area contributed by atoms with E-state index >= 15 is 0 Å². The van der Waals surface area contributed by atoms with Gasteiger partial charge in [0.15, 0.2) is 0 Å². The molecule has 0 spiro atoms. The van der Waals surface area contributed by atoms with Gasteiger partial charge in [-0.05, 0) is 68.3 Å². The number of nitrogens with one attached hydrogen (secondary N) is 1. The number of rotatable bonds is 8. The highest BCUT2D eigenvalue weighted by Gasteiger charge is 2.51. The Kier molecular flexibility index (Phi) is 6.30. The molecule has 0 bridgehead atoms. The van der Waals surface area contributed by atoms with Gasteiger partial charge in [0.2, 0.25) is 5.91 Å². The SMILES string of the molecule is CCOC(=O)c1ccc(NC(=O)CC2C(=O)N(c3ccc(OC)cc3)C(=O)N2C2CC2)cc1. The molecule has 33 heavy (non-hydrogen) atoms. The molecular formula is C24H25N3O6. The van der Waals surface area contributed by atoms with Crippen molar-refractivity contribution in [1.29, 1.82) is 0 Å². The number of methoxy groups -OCH3 is 1. The number of urea groups is 1. The van der Waals surface area contributed by atoms with E-state index in [1.54, 1.807) is 55.5 Å². The smallest absolute Gasteiger partial charge is 0.338 e. The van der Waals surface area contributed by atoms with E-state index in [2.05, 4.69) is 5.32 Å². The highest BCUT2D eigenvalue weighted by atomic mass is 16.5. The Morgan fingerprint density at radius 3 is 2.27 bits per heavy atom. The molecule has 1 heterocycles.